The topological polar surface area (TPSA) is 117 Å². The summed E-state index contributed by atoms with van der Waals surface area (Å²) in [5.41, 5.74) is 13.6. The normalized spacial score (nSPS) is 19.7. The molecule has 0 aliphatic carbocycles. The van der Waals surface area contributed by atoms with E-state index in [4.69, 9.17) is 23.1 Å². The molecule has 0 amide bonds. The molecular weight excluding hydrogens is 477 g/mol. The Kier molecular flexibility index (Phi) is 5.21. The molecule has 2 aromatic carbocycles. The maximum Gasteiger partial charge on any atom is 0.228 e. The second kappa shape index (κ2) is 8.16. The molecule has 2 saturated heterocycles. The number of β-amino-alcohol motifs (C(OH)–C–C–N with tert-alkyl or cyclic N) is 1. The second-order valence-corrected chi connectivity index (χ2v) is 10.4. The smallest absolute Gasteiger partial charge is 0.228 e. The molecule has 6 rings (SSSR count). The van der Waals surface area contributed by atoms with Crippen molar-refractivity contribution in [2.24, 2.45) is 0 Å². The molecule has 1 atom stereocenters. The highest BCUT2D eigenvalue weighted by Gasteiger charge is 2.36. The fourth-order valence-electron chi connectivity index (χ4n) is 4.93. The molecule has 2 fully saturated rings. The fraction of sp³-hybridized carbons (Fsp3) is 0.348. The highest BCUT2D eigenvalue weighted by Crippen LogP contribution is 2.41. The van der Waals surface area contributed by atoms with Crippen molar-refractivity contribution in [3.63, 3.8) is 0 Å². The molecule has 176 valence electrons. The van der Waals surface area contributed by atoms with Gasteiger partial charge in [0.2, 0.25) is 5.95 Å². The Morgan fingerprint density at radius 3 is 2.74 bits per heavy atom. The van der Waals surface area contributed by atoms with Crippen molar-refractivity contribution < 1.29 is 9.50 Å². The van der Waals surface area contributed by atoms with E-state index in [1.54, 1.807) is 12.1 Å². The molecule has 0 spiro atoms. The Bertz CT molecular complexity index is 1420. The summed E-state index contributed by atoms with van der Waals surface area (Å²) in [6.45, 7) is 3.07. The van der Waals surface area contributed by atoms with E-state index >= 15 is 4.39 Å². The minimum Gasteiger partial charge on any atom is -0.392 e. The van der Waals surface area contributed by atoms with E-state index in [1.165, 1.54) is 11.3 Å². The van der Waals surface area contributed by atoms with Gasteiger partial charge in [-0.2, -0.15) is 4.98 Å². The molecule has 1 unspecified atom stereocenters. The summed E-state index contributed by atoms with van der Waals surface area (Å²) in [4.78, 5) is 17.6. The van der Waals surface area contributed by atoms with Crippen molar-refractivity contribution >= 4 is 61.0 Å². The fourth-order valence-corrected chi connectivity index (χ4v) is 5.98. The van der Waals surface area contributed by atoms with Crippen molar-refractivity contribution in [1.29, 1.82) is 0 Å². The third kappa shape index (κ3) is 3.52. The van der Waals surface area contributed by atoms with Crippen LogP contribution in [0.5, 0.6) is 0 Å². The van der Waals surface area contributed by atoms with Gasteiger partial charge in [-0.25, -0.2) is 14.4 Å². The summed E-state index contributed by atoms with van der Waals surface area (Å²) in [5.74, 6) is 0.00976. The van der Waals surface area contributed by atoms with Crippen LogP contribution in [0, 0.1) is 5.82 Å². The molecule has 2 aromatic heterocycles. The SMILES string of the molecule is Nc1nc2c(-c3c(Cl)cc4c(N)nc(N5CC(N6CCCC(O)C6)C5)nc4c3F)cccc2s1. The number of thiazole rings is 1. The van der Waals surface area contributed by atoms with Crippen molar-refractivity contribution in [2.45, 2.75) is 25.0 Å². The van der Waals surface area contributed by atoms with E-state index in [-0.39, 0.29) is 28.0 Å². The number of nitrogens with zero attached hydrogens (tertiary/aromatic N) is 5. The van der Waals surface area contributed by atoms with Crippen LogP contribution in [0.15, 0.2) is 24.3 Å². The summed E-state index contributed by atoms with van der Waals surface area (Å²) in [6, 6.07) is 7.41. The highest BCUT2D eigenvalue weighted by atomic mass is 35.5. The first kappa shape index (κ1) is 21.7. The van der Waals surface area contributed by atoms with Crippen LogP contribution in [0.25, 0.3) is 32.2 Å². The van der Waals surface area contributed by atoms with Crippen LogP contribution >= 0.6 is 22.9 Å². The van der Waals surface area contributed by atoms with Crippen LogP contribution in [0.1, 0.15) is 12.8 Å². The number of aliphatic hydroxyl groups is 1. The molecule has 0 saturated carbocycles. The number of hydrogen-bond acceptors (Lipinski definition) is 9. The number of aromatic nitrogens is 3. The average molecular weight is 500 g/mol. The van der Waals surface area contributed by atoms with Crippen LogP contribution in [-0.2, 0) is 0 Å². The molecule has 34 heavy (non-hydrogen) atoms. The molecule has 8 nitrogen and oxygen atoms in total. The van der Waals surface area contributed by atoms with Gasteiger partial charge in [0.25, 0.3) is 0 Å². The zero-order valence-corrected chi connectivity index (χ0v) is 19.8. The minimum absolute atomic E-state index is 0.124. The Morgan fingerprint density at radius 1 is 1.12 bits per heavy atom. The summed E-state index contributed by atoms with van der Waals surface area (Å²) in [6.07, 6.45) is 1.57. The summed E-state index contributed by atoms with van der Waals surface area (Å²) in [5, 5.41) is 11.0. The van der Waals surface area contributed by atoms with Gasteiger partial charge in [-0.1, -0.05) is 35.1 Å². The number of anilines is 3. The number of rotatable bonds is 3. The first-order valence-corrected chi connectivity index (χ1v) is 12.4. The van der Waals surface area contributed by atoms with Gasteiger partial charge >= 0.3 is 0 Å². The minimum atomic E-state index is -0.562. The van der Waals surface area contributed by atoms with Crippen molar-refractivity contribution in [3.8, 4) is 11.1 Å². The summed E-state index contributed by atoms with van der Waals surface area (Å²) >= 11 is 7.87. The van der Waals surface area contributed by atoms with Gasteiger partial charge in [0.15, 0.2) is 10.9 Å². The average Bonchev–Trinajstić information content (AvgIpc) is 3.15. The van der Waals surface area contributed by atoms with Crippen LogP contribution in [-0.4, -0.2) is 63.3 Å². The maximum absolute atomic E-state index is 16.0. The van der Waals surface area contributed by atoms with Crippen LogP contribution in [0.2, 0.25) is 5.02 Å². The maximum atomic E-state index is 16.0. The first-order valence-electron chi connectivity index (χ1n) is 11.2. The number of hydrogen-bond donors (Lipinski definition) is 3. The van der Waals surface area contributed by atoms with Crippen LogP contribution in [0.4, 0.5) is 21.3 Å². The molecule has 4 heterocycles. The number of nitrogens with two attached hydrogens (primary N) is 2. The zero-order chi connectivity index (χ0) is 23.6. The third-order valence-electron chi connectivity index (χ3n) is 6.69. The van der Waals surface area contributed by atoms with Crippen molar-refractivity contribution in [3.05, 3.63) is 35.1 Å². The molecule has 2 aliphatic heterocycles. The van der Waals surface area contributed by atoms with Gasteiger partial charge in [-0.15, -0.1) is 0 Å². The van der Waals surface area contributed by atoms with E-state index < -0.39 is 5.82 Å². The van der Waals surface area contributed by atoms with Crippen molar-refractivity contribution in [2.75, 3.05) is 42.5 Å². The van der Waals surface area contributed by atoms with Gasteiger partial charge in [-0.3, -0.25) is 4.90 Å². The van der Waals surface area contributed by atoms with Crippen LogP contribution in [0.3, 0.4) is 0 Å². The van der Waals surface area contributed by atoms with E-state index in [1.807, 2.05) is 17.0 Å². The van der Waals surface area contributed by atoms with E-state index in [9.17, 15) is 5.11 Å². The third-order valence-corrected chi connectivity index (χ3v) is 7.84. The number of likely N-dealkylation sites (tertiary alicyclic amines) is 1. The Balaban J connectivity index is 1.38. The molecule has 4 aromatic rings. The molecule has 0 bridgehead atoms. The quantitative estimate of drug-likeness (QED) is 0.392. The number of para-hydroxylation sites is 1. The van der Waals surface area contributed by atoms with Gasteiger partial charge in [0, 0.05) is 42.2 Å². The molecular formula is C23H23ClFN7OS. The van der Waals surface area contributed by atoms with E-state index in [0.29, 0.717) is 53.2 Å². The molecule has 11 heteroatoms. The number of benzene rings is 2. The van der Waals surface area contributed by atoms with Gasteiger partial charge in [0.1, 0.15) is 11.3 Å². The summed E-state index contributed by atoms with van der Waals surface area (Å²) < 4.78 is 16.8. The number of piperidine rings is 1. The molecule has 2 aliphatic rings. The lowest BCUT2D eigenvalue weighted by atomic mass is 10.0. The Hall–Kier alpha value is -2.79. The van der Waals surface area contributed by atoms with Gasteiger partial charge < -0.3 is 21.5 Å². The standard InChI is InChI=1S/C23H23ClFN7OS/c24-15-7-14-20(18(25)17(15)13-4-1-5-16-19(13)28-22(27)34-16)29-23(30-21(14)26)32-8-11(9-32)31-6-2-3-12(33)10-31/h1,4-5,7,11-12,33H,2-3,6,8-10H2,(H2,27,28)(H2,26,29,30). The zero-order valence-electron chi connectivity index (χ0n) is 18.2. The Labute approximate surface area is 204 Å². The van der Waals surface area contributed by atoms with E-state index in [0.717, 1.165) is 24.1 Å². The van der Waals surface area contributed by atoms with E-state index in [2.05, 4.69) is 19.9 Å². The number of aliphatic hydroxyl groups excluding tert-OH is 1. The van der Waals surface area contributed by atoms with Gasteiger partial charge in [0.05, 0.1) is 21.3 Å². The lowest BCUT2D eigenvalue weighted by Crippen LogP contribution is -2.62. The lowest BCUT2D eigenvalue weighted by Gasteiger charge is -2.47. The second-order valence-electron chi connectivity index (χ2n) is 8.91. The number of halogens is 2. The lowest BCUT2D eigenvalue weighted by molar-refractivity contribution is 0.0384. The Morgan fingerprint density at radius 2 is 1.94 bits per heavy atom. The van der Waals surface area contributed by atoms with Gasteiger partial charge in [-0.05, 0) is 31.5 Å². The number of fused-ring (bicyclic) bond motifs is 2. The highest BCUT2D eigenvalue weighted by molar-refractivity contribution is 7.22. The van der Waals surface area contributed by atoms with Crippen molar-refractivity contribution in [1.82, 2.24) is 19.9 Å². The predicted octanol–water partition coefficient (Wildman–Crippen LogP) is 3.51. The molecule has 0 radical (unpaired) electrons. The van der Waals surface area contributed by atoms with Crippen LogP contribution < -0.4 is 16.4 Å². The monoisotopic (exact) mass is 499 g/mol. The molecule has 5 N–H and O–H groups in total. The first-order chi connectivity index (χ1) is 16.4. The largest absolute Gasteiger partial charge is 0.392 e. The summed E-state index contributed by atoms with van der Waals surface area (Å²) in [7, 11) is 0. The predicted molar refractivity (Wildman–Crippen MR) is 135 cm³/mol. The number of nitrogen functional groups attached to an aromatic ring is 2.